The summed E-state index contributed by atoms with van der Waals surface area (Å²) in [5.41, 5.74) is 5.48. The molecule has 0 unspecified atom stereocenters. The second-order valence-corrected chi connectivity index (χ2v) is 6.63. The van der Waals surface area contributed by atoms with Crippen molar-refractivity contribution in [2.75, 3.05) is 7.11 Å². The van der Waals surface area contributed by atoms with Gasteiger partial charge in [0.1, 0.15) is 5.75 Å². The van der Waals surface area contributed by atoms with E-state index in [1.807, 2.05) is 79.7 Å². The van der Waals surface area contributed by atoms with Gasteiger partial charge in [-0.05, 0) is 54.4 Å². The van der Waals surface area contributed by atoms with Crippen LogP contribution in [0.3, 0.4) is 0 Å². The van der Waals surface area contributed by atoms with E-state index in [0.717, 1.165) is 34.0 Å². The van der Waals surface area contributed by atoms with Gasteiger partial charge in [-0.1, -0.05) is 48.5 Å². The second kappa shape index (κ2) is 7.57. The maximum absolute atomic E-state index is 12.9. The molecule has 0 bridgehead atoms. The van der Waals surface area contributed by atoms with Crippen molar-refractivity contribution >= 4 is 0 Å². The first-order chi connectivity index (χ1) is 13.7. The smallest absolute Gasteiger partial charge is 0.185 e. The van der Waals surface area contributed by atoms with E-state index in [1.165, 1.54) is 0 Å². The van der Waals surface area contributed by atoms with E-state index < -0.39 is 0 Å². The Labute approximate surface area is 164 Å². The molecule has 0 aliphatic carbocycles. The minimum atomic E-state index is 0.0249. The first-order valence-corrected chi connectivity index (χ1v) is 9.21. The van der Waals surface area contributed by atoms with Crippen molar-refractivity contribution in [3.8, 4) is 34.0 Å². The van der Waals surface area contributed by atoms with Gasteiger partial charge in [-0.3, -0.25) is 4.79 Å². The number of benzene rings is 3. The predicted octanol–water partition coefficient (Wildman–Crippen LogP) is 5.49. The average Bonchev–Trinajstić information content (AvgIpc) is 2.76. The summed E-state index contributed by atoms with van der Waals surface area (Å²) in [7, 11) is 1.65. The van der Waals surface area contributed by atoms with Gasteiger partial charge in [-0.2, -0.15) is 0 Å². The topological polar surface area (TPSA) is 31.2 Å². The number of hydrogen-bond acceptors (Lipinski definition) is 2. The maximum Gasteiger partial charge on any atom is 0.185 e. The summed E-state index contributed by atoms with van der Waals surface area (Å²) in [6, 6.07) is 29.7. The number of rotatable bonds is 4. The monoisotopic (exact) mass is 367 g/mol. The molecule has 138 valence electrons. The largest absolute Gasteiger partial charge is 0.497 e. The van der Waals surface area contributed by atoms with E-state index in [4.69, 9.17) is 4.74 Å². The Morgan fingerprint density at radius 2 is 1.36 bits per heavy atom. The number of para-hydroxylation sites is 1. The molecule has 3 nitrogen and oxygen atoms in total. The van der Waals surface area contributed by atoms with Crippen LogP contribution in [0, 0.1) is 6.92 Å². The highest BCUT2D eigenvalue weighted by Crippen LogP contribution is 2.32. The van der Waals surface area contributed by atoms with Crippen molar-refractivity contribution in [2.24, 2.45) is 0 Å². The lowest BCUT2D eigenvalue weighted by Gasteiger charge is -2.21. The molecular weight excluding hydrogens is 346 g/mol. The molecular formula is C25H21NO2. The fraction of sp³-hybridized carbons (Fsp3) is 0.0800. The Bertz CT molecular complexity index is 1150. The van der Waals surface area contributed by atoms with Crippen LogP contribution in [-0.4, -0.2) is 11.7 Å². The Morgan fingerprint density at radius 1 is 0.750 bits per heavy atom. The minimum absolute atomic E-state index is 0.0249. The van der Waals surface area contributed by atoms with Crippen LogP contribution in [0.5, 0.6) is 5.75 Å². The number of aromatic nitrogens is 1. The van der Waals surface area contributed by atoms with Gasteiger partial charge in [-0.15, -0.1) is 0 Å². The van der Waals surface area contributed by atoms with Crippen LogP contribution in [0.15, 0.2) is 95.8 Å². The molecule has 0 aliphatic heterocycles. The zero-order valence-electron chi connectivity index (χ0n) is 15.9. The summed E-state index contributed by atoms with van der Waals surface area (Å²) in [5.74, 6) is 0.786. The number of nitrogens with zero attached hydrogens (tertiary/aromatic N) is 1. The van der Waals surface area contributed by atoms with Crippen LogP contribution in [-0.2, 0) is 0 Å². The third-order valence-corrected chi connectivity index (χ3v) is 4.90. The van der Waals surface area contributed by atoms with E-state index in [9.17, 15) is 4.79 Å². The van der Waals surface area contributed by atoms with Crippen LogP contribution < -0.4 is 10.2 Å². The summed E-state index contributed by atoms with van der Waals surface area (Å²) in [6.07, 6.45) is 0. The summed E-state index contributed by atoms with van der Waals surface area (Å²) in [6.45, 7) is 1.89. The van der Waals surface area contributed by atoms with E-state index in [-0.39, 0.29) is 5.43 Å². The minimum Gasteiger partial charge on any atom is -0.497 e. The van der Waals surface area contributed by atoms with Crippen molar-refractivity contribution in [3.05, 3.63) is 107 Å². The molecule has 3 aromatic carbocycles. The highest BCUT2D eigenvalue weighted by molar-refractivity contribution is 5.73. The highest BCUT2D eigenvalue weighted by Gasteiger charge is 2.17. The summed E-state index contributed by atoms with van der Waals surface area (Å²) >= 11 is 0. The molecule has 28 heavy (non-hydrogen) atoms. The molecule has 0 saturated heterocycles. The van der Waals surface area contributed by atoms with Gasteiger partial charge in [0.05, 0.1) is 18.5 Å². The van der Waals surface area contributed by atoms with E-state index >= 15 is 0 Å². The van der Waals surface area contributed by atoms with Crippen LogP contribution in [0.4, 0.5) is 0 Å². The Balaban J connectivity index is 2.09. The molecule has 4 aromatic rings. The number of ether oxygens (including phenoxy) is 1. The Morgan fingerprint density at radius 3 is 1.96 bits per heavy atom. The van der Waals surface area contributed by atoms with Crippen molar-refractivity contribution in [1.82, 2.24) is 4.57 Å². The molecule has 0 N–H and O–H groups in total. The number of hydrogen-bond donors (Lipinski definition) is 0. The number of pyridine rings is 1. The van der Waals surface area contributed by atoms with Gasteiger partial charge in [0.2, 0.25) is 0 Å². The third kappa shape index (κ3) is 3.23. The zero-order chi connectivity index (χ0) is 19.5. The molecule has 0 fully saturated rings. The average molecular weight is 367 g/mol. The lowest BCUT2D eigenvalue weighted by atomic mass is 10.0. The van der Waals surface area contributed by atoms with E-state index in [0.29, 0.717) is 5.56 Å². The summed E-state index contributed by atoms with van der Waals surface area (Å²) in [4.78, 5) is 12.9. The molecule has 0 radical (unpaired) electrons. The van der Waals surface area contributed by atoms with Gasteiger partial charge < -0.3 is 9.30 Å². The first-order valence-electron chi connectivity index (χ1n) is 9.21. The predicted molar refractivity (Wildman–Crippen MR) is 114 cm³/mol. The maximum atomic E-state index is 12.9. The zero-order valence-corrected chi connectivity index (χ0v) is 15.9. The Hall–Kier alpha value is -3.59. The molecule has 1 heterocycles. The normalized spacial score (nSPS) is 10.6. The molecule has 0 saturated carbocycles. The van der Waals surface area contributed by atoms with Crippen LogP contribution >= 0.6 is 0 Å². The molecule has 4 rings (SSSR count). The van der Waals surface area contributed by atoms with Crippen molar-refractivity contribution < 1.29 is 4.74 Å². The van der Waals surface area contributed by atoms with E-state index in [2.05, 4.69) is 16.7 Å². The standard InChI is InChI=1S/C25H21NO2/c1-18-24(27)17-23(19-9-5-3-6-10-19)26(21-11-7-4-8-12-21)25(18)20-13-15-22(28-2)16-14-20/h3-17H,1-2H3. The van der Waals surface area contributed by atoms with Crippen molar-refractivity contribution in [1.29, 1.82) is 0 Å². The molecule has 1 aromatic heterocycles. The van der Waals surface area contributed by atoms with Gasteiger partial charge in [0, 0.05) is 17.3 Å². The van der Waals surface area contributed by atoms with E-state index in [1.54, 1.807) is 13.2 Å². The molecule has 0 atom stereocenters. The van der Waals surface area contributed by atoms with Gasteiger partial charge in [0.25, 0.3) is 0 Å². The van der Waals surface area contributed by atoms with Crippen LogP contribution in [0.2, 0.25) is 0 Å². The molecule has 0 spiro atoms. The molecule has 3 heteroatoms. The van der Waals surface area contributed by atoms with Crippen LogP contribution in [0.1, 0.15) is 5.56 Å². The first kappa shape index (κ1) is 17.8. The SMILES string of the molecule is COc1ccc(-c2c(C)c(=O)cc(-c3ccccc3)n2-c2ccccc2)cc1. The molecule has 0 amide bonds. The van der Waals surface area contributed by atoms with Gasteiger partial charge in [0.15, 0.2) is 5.43 Å². The molecule has 0 aliphatic rings. The summed E-state index contributed by atoms with van der Waals surface area (Å²) in [5, 5.41) is 0. The third-order valence-electron chi connectivity index (χ3n) is 4.90. The highest BCUT2D eigenvalue weighted by atomic mass is 16.5. The fourth-order valence-electron chi connectivity index (χ4n) is 3.46. The number of methoxy groups -OCH3 is 1. The Kier molecular flexibility index (Phi) is 4.81. The quantitative estimate of drug-likeness (QED) is 0.478. The van der Waals surface area contributed by atoms with Crippen LogP contribution in [0.25, 0.3) is 28.2 Å². The fourth-order valence-corrected chi connectivity index (χ4v) is 3.46. The van der Waals surface area contributed by atoms with Gasteiger partial charge in [-0.25, -0.2) is 0 Å². The summed E-state index contributed by atoms with van der Waals surface area (Å²) < 4.78 is 7.46. The lowest BCUT2D eigenvalue weighted by Crippen LogP contribution is -2.15. The van der Waals surface area contributed by atoms with Gasteiger partial charge >= 0.3 is 0 Å². The van der Waals surface area contributed by atoms with Crippen molar-refractivity contribution in [2.45, 2.75) is 6.92 Å². The second-order valence-electron chi connectivity index (χ2n) is 6.63. The van der Waals surface area contributed by atoms with Crippen molar-refractivity contribution in [3.63, 3.8) is 0 Å². The lowest BCUT2D eigenvalue weighted by molar-refractivity contribution is 0.415.